The molecule has 1 saturated carbocycles. The molecule has 5 heteroatoms. The predicted octanol–water partition coefficient (Wildman–Crippen LogP) is 3.74. The van der Waals surface area contributed by atoms with Crippen molar-refractivity contribution < 1.29 is 4.79 Å². The van der Waals surface area contributed by atoms with E-state index < -0.39 is 0 Å². The zero-order valence-electron chi connectivity index (χ0n) is 11.9. The van der Waals surface area contributed by atoms with E-state index in [1.165, 1.54) is 38.8 Å². The lowest BCUT2D eigenvalue weighted by Crippen LogP contribution is -2.47. The highest BCUT2D eigenvalue weighted by molar-refractivity contribution is 6.42. The Labute approximate surface area is 135 Å². The third-order valence-corrected chi connectivity index (χ3v) is 5.33. The molecule has 1 amide bonds. The van der Waals surface area contributed by atoms with Gasteiger partial charge < -0.3 is 5.32 Å². The summed E-state index contributed by atoms with van der Waals surface area (Å²) in [5.74, 6) is -0.0512. The monoisotopic (exact) mass is 326 g/mol. The summed E-state index contributed by atoms with van der Waals surface area (Å²) in [5, 5.41) is 4.09. The average Bonchev–Trinajstić information content (AvgIpc) is 3.12. The van der Waals surface area contributed by atoms with E-state index in [1.54, 1.807) is 18.2 Å². The molecule has 1 N–H and O–H groups in total. The van der Waals surface area contributed by atoms with Gasteiger partial charge >= 0.3 is 0 Å². The van der Waals surface area contributed by atoms with Crippen molar-refractivity contribution in [1.29, 1.82) is 0 Å². The normalized spacial score (nSPS) is 26.2. The van der Waals surface area contributed by atoms with Crippen molar-refractivity contribution >= 4 is 29.1 Å². The molecule has 1 aromatic rings. The molecule has 2 atom stereocenters. The Balaban J connectivity index is 1.67. The van der Waals surface area contributed by atoms with E-state index in [2.05, 4.69) is 10.2 Å². The quantitative estimate of drug-likeness (QED) is 0.917. The number of nitrogens with one attached hydrogen (secondary N) is 1. The van der Waals surface area contributed by atoms with Crippen LogP contribution >= 0.6 is 23.2 Å². The van der Waals surface area contributed by atoms with Crippen molar-refractivity contribution in [3.63, 3.8) is 0 Å². The maximum absolute atomic E-state index is 12.4. The first-order valence-electron chi connectivity index (χ1n) is 7.65. The molecule has 1 saturated heterocycles. The summed E-state index contributed by atoms with van der Waals surface area (Å²) in [6, 6.07) is 5.79. The first-order valence-corrected chi connectivity index (χ1v) is 8.41. The summed E-state index contributed by atoms with van der Waals surface area (Å²) >= 11 is 11.9. The van der Waals surface area contributed by atoms with Gasteiger partial charge in [0.15, 0.2) is 0 Å². The van der Waals surface area contributed by atoms with Gasteiger partial charge in [-0.1, -0.05) is 23.2 Å². The molecule has 0 radical (unpaired) electrons. The van der Waals surface area contributed by atoms with Gasteiger partial charge in [-0.15, -0.1) is 0 Å². The summed E-state index contributed by atoms with van der Waals surface area (Å²) in [6.45, 7) is 2.34. The summed E-state index contributed by atoms with van der Waals surface area (Å²) in [6.07, 6.45) is 6.00. The number of rotatable bonds is 3. The number of carbonyl (C=O) groups excluding carboxylic acids is 1. The van der Waals surface area contributed by atoms with Crippen LogP contribution in [-0.2, 0) is 0 Å². The van der Waals surface area contributed by atoms with Crippen molar-refractivity contribution in [1.82, 2.24) is 10.2 Å². The minimum absolute atomic E-state index is 0.0512. The standard InChI is InChI=1S/C16H20Cl2N2O/c17-12-7-6-11(10-13(12)18)16(21)19-14-4-3-5-15(14)20-8-1-2-9-20/h6-7,10,14-15H,1-5,8-9H2,(H,19,21)/t14-,15+/m1/s1. The Kier molecular flexibility index (Phi) is 4.72. The van der Waals surface area contributed by atoms with E-state index in [9.17, 15) is 4.79 Å². The van der Waals surface area contributed by atoms with Gasteiger partial charge in [-0.3, -0.25) is 9.69 Å². The van der Waals surface area contributed by atoms with Crippen LogP contribution in [0.15, 0.2) is 18.2 Å². The van der Waals surface area contributed by atoms with Crippen LogP contribution in [0, 0.1) is 0 Å². The molecule has 3 nitrogen and oxygen atoms in total. The second-order valence-corrected chi connectivity index (χ2v) is 6.76. The van der Waals surface area contributed by atoms with Gasteiger partial charge in [-0.25, -0.2) is 0 Å². The maximum atomic E-state index is 12.4. The second kappa shape index (κ2) is 6.55. The minimum atomic E-state index is -0.0512. The van der Waals surface area contributed by atoms with E-state index in [4.69, 9.17) is 23.2 Å². The van der Waals surface area contributed by atoms with Crippen LogP contribution in [0.4, 0.5) is 0 Å². The molecule has 0 unspecified atom stereocenters. The Morgan fingerprint density at radius 2 is 1.86 bits per heavy atom. The third-order valence-electron chi connectivity index (χ3n) is 4.59. The summed E-state index contributed by atoms with van der Waals surface area (Å²) in [7, 11) is 0. The van der Waals surface area contributed by atoms with Crippen molar-refractivity contribution in [2.24, 2.45) is 0 Å². The van der Waals surface area contributed by atoms with E-state index in [0.717, 1.165) is 6.42 Å². The molecule has 21 heavy (non-hydrogen) atoms. The highest BCUT2D eigenvalue weighted by Crippen LogP contribution is 2.28. The first kappa shape index (κ1) is 15.1. The van der Waals surface area contributed by atoms with Gasteiger partial charge in [0.1, 0.15) is 0 Å². The van der Waals surface area contributed by atoms with E-state index in [-0.39, 0.29) is 11.9 Å². The van der Waals surface area contributed by atoms with Gasteiger partial charge in [0, 0.05) is 17.6 Å². The van der Waals surface area contributed by atoms with Crippen LogP contribution in [0.2, 0.25) is 10.0 Å². The van der Waals surface area contributed by atoms with Crippen LogP contribution in [0.3, 0.4) is 0 Å². The minimum Gasteiger partial charge on any atom is -0.348 e. The largest absolute Gasteiger partial charge is 0.348 e. The smallest absolute Gasteiger partial charge is 0.251 e. The zero-order valence-corrected chi connectivity index (χ0v) is 13.5. The lowest BCUT2D eigenvalue weighted by molar-refractivity contribution is 0.0912. The van der Waals surface area contributed by atoms with Crippen LogP contribution in [0.5, 0.6) is 0 Å². The molecule has 1 aliphatic carbocycles. The van der Waals surface area contributed by atoms with Crippen molar-refractivity contribution in [3.8, 4) is 0 Å². The molecule has 1 aliphatic heterocycles. The van der Waals surface area contributed by atoms with Crippen molar-refractivity contribution in [2.45, 2.75) is 44.2 Å². The number of carbonyl (C=O) groups is 1. The fourth-order valence-electron chi connectivity index (χ4n) is 3.51. The lowest BCUT2D eigenvalue weighted by atomic mass is 10.1. The van der Waals surface area contributed by atoms with Crippen LogP contribution in [0.1, 0.15) is 42.5 Å². The number of likely N-dealkylation sites (tertiary alicyclic amines) is 1. The number of hydrogen-bond acceptors (Lipinski definition) is 2. The molecule has 0 aromatic heterocycles. The Morgan fingerprint density at radius 3 is 2.57 bits per heavy atom. The fraction of sp³-hybridized carbons (Fsp3) is 0.562. The number of benzene rings is 1. The molecule has 3 rings (SSSR count). The van der Waals surface area contributed by atoms with Crippen LogP contribution < -0.4 is 5.32 Å². The zero-order chi connectivity index (χ0) is 14.8. The molecule has 114 valence electrons. The highest BCUT2D eigenvalue weighted by atomic mass is 35.5. The fourth-order valence-corrected chi connectivity index (χ4v) is 3.81. The second-order valence-electron chi connectivity index (χ2n) is 5.95. The van der Waals surface area contributed by atoms with E-state index >= 15 is 0 Å². The summed E-state index contributed by atoms with van der Waals surface area (Å²) in [5.41, 5.74) is 0.580. The van der Waals surface area contributed by atoms with E-state index in [1.807, 2.05) is 0 Å². The Morgan fingerprint density at radius 1 is 1.10 bits per heavy atom. The molecule has 0 bridgehead atoms. The molecule has 0 spiro atoms. The van der Waals surface area contributed by atoms with Crippen molar-refractivity contribution in [2.75, 3.05) is 13.1 Å². The number of amides is 1. The molecule has 2 aliphatic rings. The van der Waals surface area contributed by atoms with Crippen LogP contribution in [-0.4, -0.2) is 36.0 Å². The molecule has 2 fully saturated rings. The average molecular weight is 327 g/mol. The van der Waals surface area contributed by atoms with E-state index in [0.29, 0.717) is 21.7 Å². The third kappa shape index (κ3) is 3.36. The van der Waals surface area contributed by atoms with Gasteiger partial charge in [0.25, 0.3) is 5.91 Å². The predicted molar refractivity (Wildman–Crippen MR) is 86.2 cm³/mol. The molecular weight excluding hydrogens is 307 g/mol. The van der Waals surface area contributed by atoms with Crippen molar-refractivity contribution in [3.05, 3.63) is 33.8 Å². The maximum Gasteiger partial charge on any atom is 0.251 e. The number of hydrogen-bond donors (Lipinski definition) is 1. The Hall–Kier alpha value is -0.770. The number of nitrogens with zero attached hydrogens (tertiary/aromatic N) is 1. The SMILES string of the molecule is O=C(N[C@@H]1CCC[C@@H]1N1CCCC1)c1ccc(Cl)c(Cl)c1. The molecule has 1 heterocycles. The van der Waals surface area contributed by atoms with Gasteiger partial charge in [0.2, 0.25) is 0 Å². The Bertz CT molecular complexity index is 529. The highest BCUT2D eigenvalue weighted by Gasteiger charge is 2.34. The van der Waals surface area contributed by atoms with Gasteiger partial charge in [-0.05, 0) is 63.4 Å². The topological polar surface area (TPSA) is 32.3 Å². The number of halogens is 2. The summed E-state index contributed by atoms with van der Waals surface area (Å²) < 4.78 is 0. The van der Waals surface area contributed by atoms with Gasteiger partial charge in [-0.2, -0.15) is 0 Å². The summed E-state index contributed by atoms with van der Waals surface area (Å²) in [4.78, 5) is 14.9. The lowest BCUT2D eigenvalue weighted by Gasteiger charge is -2.29. The van der Waals surface area contributed by atoms with Crippen LogP contribution in [0.25, 0.3) is 0 Å². The molecular formula is C16H20Cl2N2O. The first-order chi connectivity index (χ1) is 10.1. The molecule has 1 aromatic carbocycles. The van der Waals surface area contributed by atoms with Gasteiger partial charge in [0.05, 0.1) is 10.0 Å².